The Morgan fingerprint density at radius 3 is 2.61 bits per heavy atom. The lowest BCUT2D eigenvalue weighted by Gasteiger charge is -2.13. The van der Waals surface area contributed by atoms with Crippen LogP contribution in [0.1, 0.15) is 49.2 Å². The van der Waals surface area contributed by atoms with E-state index in [-0.39, 0.29) is 24.5 Å². The maximum atomic E-state index is 12.2. The van der Waals surface area contributed by atoms with Gasteiger partial charge in [0.25, 0.3) is 5.91 Å². The lowest BCUT2D eigenvalue weighted by molar-refractivity contribution is 0.0933. The van der Waals surface area contributed by atoms with Gasteiger partial charge in [-0.15, -0.1) is 0 Å². The first-order valence-electron chi connectivity index (χ1n) is 6.02. The molecule has 6 heteroatoms. The molecule has 1 amide bonds. The Kier molecular flexibility index (Phi) is 5.16. The van der Waals surface area contributed by atoms with Crippen molar-refractivity contribution in [2.24, 2.45) is 7.05 Å². The van der Waals surface area contributed by atoms with Crippen LogP contribution in [0.2, 0.25) is 5.15 Å². The maximum Gasteiger partial charge on any atom is 0.256 e. The Morgan fingerprint density at radius 1 is 1.50 bits per heavy atom. The van der Waals surface area contributed by atoms with Crippen molar-refractivity contribution < 1.29 is 9.90 Å². The SMILES string of the molecule is CC(CCO)NC(=O)c1c(C(C)C)nn(C)c1Cl. The molecule has 1 rings (SSSR count). The minimum Gasteiger partial charge on any atom is -0.396 e. The molecule has 102 valence electrons. The highest BCUT2D eigenvalue weighted by Gasteiger charge is 2.24. The van der Waals surface area contributed by atoms with Gasteiger partial charge in [0.15, 0.2) is 0 Å². The third-order valence-corrected chi connectivity index (χ3v) is 3.15. The number of aliphatic hydroxyl groups is 1. The minimum absolute atomic E-state index is 0.0409. The van der Waals surface area contributed by atoms with Gasteiger partial charge in [-0.25, -0.2) is 0 Å². The standard InChI is InChI=1S/C12H20ClN3O2/c1-7(2)10-9(11(13)16(4)15-10)12(18)14-8(3)5-6-17/h7-8,17H,5-6H2,1-4H3,(H,14,18). The van der Waals surface area contributed by atoms with Gasteiger partial charge in [-0.1, -0.05) is 25.4 Å². The first-order chi connectivity index (χ1) is 8.38. The highest BCUT2D eigenvalue weighted by atomic mass is 35.5. The molecular weight excluding hydrogens is 254 g/mol. The van der Waals surface area contributed by atoms with Crippen LogP contribution in [0.4, 0.5) is 0 Å². The average molecular weight is 274 g/mol. The highest BCUT2D eigenvalue weighted by molar-refractivity contribution is 6.33. The van der Waals surface area contributed by atoms with Gasteiger partial charge >= 0.3 is 0 Å². The van der Waals surface area contributed by atoms with E-state index in [1.807, 2.05) is 20.8 Å². The normalized spacial score (nSPS) is 12.8. The Labute approximate surface area is 112 Å². The highest BCUT2D eigenvalue weighted by Crippen LogP contribution is 2.25. The second-order valence-corrected chi connectivity index (χ2v) is 5.07. The Hall–Kier alpha value is -1.07. The number of halogens is 1. The van der Waals surface area contributed by atoms with Crippen LogP contribution >= 0.6 is 11.6 Å². The zero-order chi connectivity index (χ0) is 13.9. The Morgan fingerprint density at radius 2 is 2.11 bits per heavy atom. The van der Waals surface area contributed by atoms with E-state index >= 15 is 0 Å². The van der Waals surface area contributed by atoms with Crippen LogP contribution in [0, 0.1) is 0 Å². The summed E-state index contributed by atoms with van der Waals surface area (Å²) in [5.41, 5.74) is 1.12. The molecule has 0 aromatic carbocycles. The van der Waals surface area contributed by atoms with Gasteiger partial charge in [-0.05, 0) is 19.3 Å². The zero-order valence-electron chi connectivity index (χ0n) is 11.2. The van der Waals surface area contributed by atoms with Crippen molar-refractivity contribution in [3.63, 3.8) is 0 Å². The second kappa shape index (κ2) is 6.20. The minimum atomic E-state index is -0.238. The maximum absolute atomic E-state index is 12.2. The third kappa shape index (κ3) is 3.23. The number of hydrogen-bond donors (Lipinski definition) is 2. The molecule has 1 heterocycles. The van der Waals surface area contributed by atoms with Crippen LogP contribution < -0.4 is 5.32 Å². The fourth-order valence-electron chi connectivity index (χ4n) is 1.70. The topological polar surface area (TPSA) is 67.2 Å². The van der Waals surface area contributed by atoms with Crippen LogP contribution in [0.25, 0.3) is 0 Å². The first-order valence-corrected chi connectivity index (χ1v) is 6.40. The predicted octanol–water partition coefficient (Wildman–Crippen LogP) is 1.70. The molecule has 0 spiro atoms. The molecule has 0 saturated heterocycles. The lowest BCUT2D eigenvalue weighted by atomic mass is 10.1. The summed E-state index contributed by atoms with van der Waals surface area (Å²) in [7, 11) is 1.71. The Bertz CT molecular complexity index is 429. The summed E-state index contributed by atoms with van der Waals surface area (Å²) in [4.78, 5) is 12.2. The summed E-state index contributed by atoms with van der Waals surface area (Å²) in [6.07, 6.45) is 0.515. The smallest absolute Gasteiger partial charge is 0.256 e. The van der Waals surface area contributed by atoms with Gasteiger partial charge in [0.05, 0.1) is 11.3 Å². The van der Waals surface area contributed by atoms with Crippen LogP contribution in [-0.4, -0.2) is 33.4 Å². The van der Waals surface area contributed by atoms with E-state index in [1.54, 1.807) is 7.05 Å². The summed E-state index contributed by atoms with van der Waals surface area (Å²) in [6.45, 7) is 5.81. The van der Waals surface area contributed by atoms with Crippen molar-refractivity contribution in [2.45, 2.75) is 39.2 Å². The number of carbonyl (C=O) groups excluding carboxylic acids is 1. The van der Waals surface area contributed by atoms with Crippen LogP contribution in [-0.2, 0) is 7.05 Å². The molecule has 0 fully saturated rings. The molecule has 5 nitrogen and oxygen atoms in total. The number of aliphatic hydroxyl groups excluding tert-OH is 1. The number of aromatic nitrogens is 2. The predicted molar refractivity (Wildman–Crippen MR) is 70.9 cm³/mol. The molecule has 0 radical (unpaired) electrons. The van der Waals surface area contributed by atoms with Crippen molar-refractivity contribution in [1.82, 2.24) is 15.1 Å². The van der Waals surface area contributed by atoms with Crippen molar-refractivity contribution in [1.29, 1.82) is 0 Å². The number of amides is 1. The molecule has 0 bridgehead atoms. The molecule has 0 aliphatic carbocycles. The van der Waals surface area contributed by atoms with Gasteiger partial charge < -0.3 is 10.4 Å². The summed E-state index contributed by atoms with van der Waals surface area (Å²) < 4.78 is 1.50. The molecule has 1 aromatic rings. The lowest BCUT2D eigenvalue weighted by Crippen LogP contribution is -2.33. The molecule has 0 aliphatic rings. The molecule has 0 saturated carbocycles. The van der Waals surface area contributed by atoms with Crippen LogP contribution in [0.15, 0.2) is 0 Å². The summed E-state index contributed by atoms with van der Waals surface area (Å²) >= 11 is 6.10. The number of aryl methyl sites for hydroxylation is 1. The molecule has 1 atom stereocenters. The Balaban J connectivity index is 2.97. The number of carbonyl (C=O) groups is 1. The molecular formula is C12H20ClN3O2. The molecule has 1 aromatic heterocycles. The van der Waals surface area contributed by atoms with Crippen molar-refractivity contribution in [3.05, 3.63) is 16.4 Å². The van der Waals surface area contributed by atoms with E-state index in [4.69, 9.17) is 16.7 Å². The van der Waals surface area contributed by atoms with E-state index < -0.39 is 0 Å². The number of rotatable bonds is 5. The summed E-state index contributed by atoms with van der Waals surface area (Å²) in [6, 6.07) is -0.0983. The van der Waals surface area contributed by atoms with Gasteiger partial charge in [-0.2, -0.15) is 5.10 Å². The average Bonchev–Trinajstić information content (AvgIpc) is 2.56. The fourth-order valence-corrected chi connectivity index (χ4v) is 1.92. The largest absolute Gasteiger partial charge is 0.396 e. The van der Waals surface area contributed by atoms with E-state index in [9.17, 15) is 4.79 Å². The van der Waals surface area contributed by atoms with E-state index in [1.165, 1.54) is 4.68 Å². The molecule has 0 aliphatic heterocycles. The van der Waals surface area contributed by atoms with Crippen molar-refractivity contribution >= 4 is 17.5 Å². The van der Waals surface area contributed by atoms with Gasteiger partial charge in [0, 0.05) is 19.7 Å². The van der Waals surface area contributed by atoms with Crippen molar-refractivity contribution in [2.75, 3.05) is 6.61 Å². The van der Waals surface area contributed by atoms with Crippen LogP contribution in [0.3, 0.4) is 0 Å². The second-order valence-electron chi connectivity index (χ2n) is 4.72. The monoisotopic (exact) mass is 273 g/mol. The third-order valence-electron chi connectivity index (χ3n) is 2.72. The molecule has 1 unspecified atom stereocenters. The quantitative estimate of drug-likeness (QED) is 0.858. The molecule has 2 N–H and O–H groups in total. The van der Waals surface area contributed by atoms with Gasteiger partial charge in [0.1, 0.15) is 5.15 Å². The first kappa shape index (κ1) is 15.0. The molecule has 18 heavy (non-hydrogen) atoms. The van der Waals surface area contributed by atoms with E-state index in [2.05, 4.69) is 10.4 Å². The van der Waals surface area contributed by atoms with Gasteiger partial charge in [-0.3, -0.25) is 9.48 Å². The fraction of sp³-hybridized carbons (Fsp3) is 0.667. The van der Waals surface area contributed by atoms with Crippen LogP contribution in [0.5, 0.6) is 0 Å². The van der Waals surface area contributed by atoms with E-state index in [0.29, 0.717) is 22.8 Å². The number of nitrogens with zero attached hydrogens (tertiary/aromatic N) is 2. The number of nitrogens with one attached hydrogen (secondary N) is 1. The summed E-state index contributed by atoms with van der Waals surface area (Å²) in [5, 5.41) is 16.2. The summed E-state index contributed by atoms with van der Waals surface area (Å²) in [5.74, 6) is -0.115. The number of hydrogen-bond acceptors (Lipinski definition) is 3. The van der Waals surface area contributed by atoms with Crippen molar-refractivity contribution in [3.8, 4) is 0 Å². The van der Waals surface area contributed by atoms with Gasteiger partial charge in [0.2, 0.25) is 0 Å². The van der Waals surface area contributed by atoms with E-state index in [0.717, 1.165) is 0 Å². The zero-order valence-corrected chi connectivity index (χ0v) is 12.0.